The van der Waals surface area contributed by atoms with E-state index < -0.39 is 6.09 Å². The van der Waals surface area contributed by atoms with E-state index in [-0.39, 0.29) is 6.10 Å². The van der Waals surface area contributed by atoms with Crippen LogP contribution in [-0.2, 0) is 4.74 Å². The van der Waals surface area contributed by atoms with Gasteiger partial charge in [0.05, 0.1) is 11.6 Å². The Bertz CT molecular complexity index is 426. The van der Waals surface area contributed by atoms with E-state index in [1.54, 1.807) is 38.2 Å². The van der Waals surface area contributed by atoms with Crippen molar-refractivity contribution < 1.29 is 9.53 Å². The van der Waals surface area contributed by atoms with Gasteiger partial charge in [0, 0.05) is 12.2 Å². The Hall–Kier alpha value is -2.06. The highest BCUT2D eigenvalue weighted by molar-refractivity contribution is 5.84. The molecule has 17 heavy (non-hydrogen) atoms. The zero-order valence-electron chi connectivity index (χ0n) is 9.86. The van der Waals surface area contributed by atoms with Gasteiger partial charge in [0.1, 0.15) is 6.10 Å². The van der Waals surface area contributed by atoms with Crippen LogP contribution >= 0.6 is 0 Å². The lowest BCUT2D eigenvalue weighted by Gasteiger charge is -2.13. The molecule has 1 amide bonds. The molecule has 0 bridgehead atoms. The molecule has 1 atom stereocenters. The van der Waals surface area contributed by atoms with Crippen molar-refractivity contribution >= 4 is 11.8 Å². The van der Waals surface area contributed by atoms with Gasteiger partial charge in [0.15, 0.2) is 0 Å². The summed E-state index contributed by atoms with van der Waals surface area (Å²) in [6, 6.07) is 8.65. The molecule has 5 heteroatoms. The van der Waals surface area contributed by atoms with Crippen molar-refractivity contribution in [3.63, 3.8) is 0 Å². The molecule has 0 heterocycles. The molecule has 0 aliphatic carbocycles. The summed E-state index contributed by atoms with van der Waals surface area (Å²) >= 11 is 0. The quantitative estimate of drug-likeness (QED) is 0.830. The minimum Gasteiger partial charge on any atom is -0.445 e. The third-order valence-corrected chi connectivity index (χ3v) is 2.04. The van der Waals surface area contributed by atoms with Crippen molar-refractivity contribution in [2.75, 3.05) is 18.9 Å². The number of rotatable bonds is 4. The van der Waals surface area contributed by atoms with Gasteiger partial charge < -0.3 is 10.1 Å². The number of nitrogens with one attached hydrogen (secondary N) is 2. The SMILES string of the molecule is CNCC(C)OC(=O)Nc1cccc(C#N)c1. The molecule has 0 spiro atoms. The predicted octanol–water partition coefficient (Wildman–Crippen LogP) is 1.71. The number of nitrogens with zero attached hydrogens (tertiary/aromatic N) is 1. The summed E-state index contributed by atoms with van der Waals surface area (Å²) in [5.74, 6) is 0. The second kappa shape index (κ2) is 6.51. The van der Waals surface area contributed by atoms with E-state index in [2.05, 4.69) is 10.6 Å². The molecule has 1 aromatic rings. The first kappa shape index (κ1) is 13.0. The van der Waals surface area contributed by atoms with Crippen LogP contribution < -0.4 is 10.6 Å². The number of ether oxygens (including phenoxy) is 1. The maximum absolute atomic E-state index is 11.5. The molecular weight excluding hydrogens is 218 g/mol. The Morgan fingerprint density at radius 2 is 2.35 bits per heavy atom. The van der Waals surface area contributed by atoms with Crippen LogP contribution in [-0.4, -0.2) is 25.8 Å². The van der Waals surface area contributed by atoms with Crippen LogP contribution in [0, 0.1) is 11.3 Å². The highest BCUT2D eigenvalue weighted by Gasteiger charge is 2.08. The van der Waals surface area contributed by atoms with Crippen LogP contribution in [0.5, 0.6) is 0 Å². The molecule has 0 saturated heterocycles. The third-order valence-electron chi connectivity index (χ3n) is 2.04. The zero-order chi connectivity index (χ0) is 12.7. The van der Waals surface area contributed by atoms with Gasteiger partial charge in [-0.2, -0.15) is 5.26 Å². The molecule has 1 unspecified atom stereocenters. The van der Waals surface area contributed by atoms with Gasteiger partial charge in [-0.05, 0) is 32.2 Å². The number of carbonyl (C=O) groups is 1. The number of hydrogen-bond acceptors (Lipinski definition) is 4. The lowest BCUT2D eigenvalue weighted by molar-refractivity contribution is 0.121. The molecule has 0 aromatic heterocycles. The van der Waals surface area contributed by atoms with E-state index in [0.29, 0.717) is 17.8 Å². The number of hydrogen-bond donors (Lipinski definition) is 2. The first-order valence-corrected chi connectivity index (χ1v) is 5.28. The number of amides is 1. The van der Waals surface area contributed by atoms with Gasteiger partial charge in [0.25, 0.3) is 0 Å². The number of anilines is 1. The lowest BCUT2D eigenvalue weighted by Crippen LogP contribution is -2.28. The molecule has 90 valence electrons. The van der Waals surface area contributed by atoms with Crippen molar-refractivity contribution in [1.29, 1.82) is 5.26 Å². The number of carbonyl (C=O) groups excluding carboxylic acids is 1. The van der Waals surface area contributed by atoms with E-state index in [4.69, 9.17) is 10.00 Å². The molecule has 0 radical (unpaired) electrons. The van der Waals surface area contributed by atoms with E-state index in [0.717, 1.165) is 0 Å². The highest BCUT2D eigenvalue weighted by Crippen LogP contribution is 2.10. The average molecular weight is 233 g/mol. The lowest BCUT2D eigenvalue weighted by atomic mass is 10.2. The van der Waals surface area contributed by atoms with Gasteiger partial charge in [-0.25, -0.2) is 4.79 Å². The smallest absolute Gasteiger partial charge is 0.411 e. The van der Waals surface area contributed by atoms with E-state index in [9.17, 15) is 4.79 Å². The fourth-order valence-corrected chi connectivity index (χ4v) is 1.33. The van der Waals surface area contributed by atoms with Gasteiger partial charge in [-0.3, -0.25) is 5.32 Å². The van der Waals surface area contributed by atoms with Crippen LogP contribution in [0.2, 0.25) is 0 Å². The largest absolute Gasteiger partial charge is 0.445 e. The summed E-state index contributed by atoms with van der Waals surface area (Å²) < 4.78 is 5.07. The van der Waals surface area contributed by atoms with Crippen LogP contribution in [0.1, 0.15) is 12.5 Å². The summed E-state index contributed by atoms with van der Waals surface area (Å²) in [4.78, 5) is 11.5. The van der Waals surface area contributed by atoms with Gasteiger partial charge in [0.2, 0.25) is 0 Å². The number of likely N-dealkylation sites (N-methyl/N-ethyl adjacent to an activating group) is 1. The van der Waals surface area contributed by atoms with Crippen molar-refractivity contribution in [2.45, 2.75) is 13.0 Å². The van der Waals surface area contributed by atoms with Crippen LogP contribution in [0.4, 0.5) is 10.5 Å². The summed E-state index contributed by atoms with van der Waals surface area (Å²) in [6.07, 6.45) is -0.734. The maximum atomic E-state index is 11.5. The number of benzene rings is 1. The topological polar surface area (TPSA) is 74.2 Å². The molecule has 0 aliphatic rings. The van der Waals surface area contributed by atoms with Crippen LogP contribution in [0.3, 0.4) is 0 Å². The molecule has 5 nitrogen and oxygen atoms in total. The fraction of sp³-hybridized carbons (Fsp3) is 0.333. The highest BCUT2D eigenvalue weighted by atomic mass is 16.6. The summed E-state index contributed by atoms with van der Waals surface area (Å²) in [5.41, 5.74) is 1.04. The molecule has 0 fully saturated rings. The molecule has 1 rings (SSSR count). The monoisotopic (exact) mass is 233 g/mol. The molecule has 2 N–H and O–H groups in total. The Balaban J connectivity index is 2.53. The summed E-state index contributed by atoms with van der Waals surface area (Å²) in [5, 5.41) is 14.2. The van der Waals surface area contributed by atoms with Crippen LogP contribution in [0.15, 0.2) is 24.3 Å². The minimum atomic E-state index is -0.525. The molecule has 0 aliphatic heterocycles. The Labute approximate surface area is 100 Å². The zero-order valence-corrected chi connectivity index (χ0v) is 9.86. The van der Waals surface area contributed by atoms with E-state index >= 15 is 0 Å². The maximum Gasteiger partial charge on any atom is 0.411 e. The van der Waals surface area contributed by atoms with E-state index in [1.165, 1.54) is 0 Å². The molecule has 1 aromatic carbocycles. The van der Waals surface area contributed by atoms with Crippen molar-refractivity contribution in [2.24, 2.45) is 0 Å². The molecular formula is C12H15N3O2. The van der Waals surface area contributed by atoms with Gasteiger partial charge in [-0.15, -0.1) is 0 Å². The van der Waals surface area contributed by atoms with Gasteiger partial charge in [-0.1, -0.05) is 6.07 Å². The normalized spacial score (nSPS) is 11.4. The first-order chi connectivity index (χ1) is 8.15. The minimum absolute atomic E-state index is 0.209. The third kappa shape index (κ3) is 4.53. The van der Waals surface area contributed by atoms with Crippen LogP contribution in [0.25, 0.3) is 0 Å². The second-order valence-corrected chi connectivity index (χ2v) is 3.59. The average Bonchev–Trinajstić information content (AvgIpc) is 2.29. The number of nitriles is 1. The Morgan fingerprint density at radius 3 is 3.00 bits per heavy atom. The molecule has 0 saturated carbocycles. The Morgan fingerprint density at radius 1 is 1.59 bits per heavy atom. The standard InChI is InChI=1S/C12H15N3O2/c1-9(8-14-2)17-12(16)15-11-5-3-4-10(6-11)7-13/h3-6,9,14H,8H2,1-2H3,(H,15,16). The van der Waals surface area contributed by atoms with E-state index in [1.807, 2.05) is 6.07 Å². The Kier molecular flexibility index (Phi) is 4.98. The summed E-state index contributed by atoms with van der Waals surface area (Å²) in [6.45, 7) is 2.38. The fourth-order valence-electron chi connectivity index (χ4n) is 1.33. The van der Waals surface area contributed by atoms with Crippen molar-refractivity contribution in [3.8, 4) is 6.07 Å². The van der Waals surface area contributed by atoms with Gasteiger partial charge >= 0.3 is 6.09 Å². The van der Waals surface area contributed by atoms with Crippen molar-refractivity contribution in [3.05, 3.63) is 29.8 Å². The summed E-state index contributed by atoms with van der Waals surface area (Å²) in [7, 11) is 1.79. The van der Waals surface area contributed by atoms with Crippen molar-refractivity contribution in [1.82, 2.24) is 5.32 Å². The second-order valence-electron chi connectivity index (χ2n) is 3.59. The predicted molar refractivity (Wildman–Crippen MR) is 64.6 cm³/mol. The first-order valence-electron chi connectivity index (χ1n) is 5.28.